The second-order valence-corrected chi connectivity index (χ2v) is 4.62. The van der Waals surface area contributed by atoms with Crippen molar-refractivity contribution in [3.63, 3.8) is 0 Å². The Labute approximate surface area is 89.4 Å². The lowest BCUT2D eigenvalue weighted by Gasteiger charge is -2.02. The zero-order chi connectivity index (χ0) is 10.1. The molecule has 0 radical (unpaired) electrons. The van der Waals surface area contributed by atoms with Crippen molar-refractivity contribution in [3.8, 4) is 0 Å². The minimum Gasteiger partial charge on any atom is -0.338 e. The Kier molecular flexibility index (Phi) is 2.44. The first-order valence-electron chi connectivity index (χ1n) is 6.00. The van der Waals surface area contributed by atoms with E-state index >= 15 is 0 Å². The summed E-state index contributed by atoms with van der Waals surface area (Å²) in [5, 5.41) is 7.50. The lowest BCUT2D eigenvalue weighted by atomic mass is 10.1. The maximum Gasteiger partial charge on any atom is 0.243 e. The van der Waals surface area contributed by atoms with Gasteiger partial charge in [-0.1, -0.05) is 18.0 Å². The third kappa shape index (κ3) is 1.78. The van der Waals surface area contributed by atoms with Crippen LogP contribution in [0.4, 0.5) is 0 Å². The molecule has 1 aromatic heterocycles. The molecule has 3 rings (SSSR count). The minimum absolute atomic E-state index is 0.313. The average molecular weight is 207 g/mol. The standard InChI is InChI=1S/C11H17N3O/c1-2-5-8(4-1)10-13-11(15-14-10)9-6-3-7-12-9/h8-9,12H,1-7H2. The van der Waals surface area contributed by atoms with E-state index < -0.39 is 0 Å². The predicted octanol–water partition coefficient (Wildman–Crippen LogP) is 2.15. The van der Waals surface area contributed by atoms with Gasteiger partial charge in [-0.2, -0.15) is 4.98 Å². The van der Waals surface area contributed by atoms with E-state index in [1.54, 1.807) is 0 Å². The van der Waals surface area contributed by atoms with Crippen LogP contribution in [0.15, 0.2) is 4.52 Å². The molecule has 0 bridgehead atoms. The molecule has 4 heteroatoms. The van der Waals surface area contributed by atoms with Gasteiger partial charge in [-0.25, -0.2) is 0 Å². The molecule has 4 nitrogen and oxygen atoms in total. The highest BCUT2D eigenvalue weighted by Crippen LogP contribution is 2.33. The van der Waals surface area contributed by atoms with Gasteiger partial charge in [0, 0.05) is 5.92 Å². The maximum atomic E-state index is 5.34. The Morgan fingerprint density at radius 2 is 2.00 bits per heavy atom. The molecule has 1 aromatic rings. The van der Waals surface area contributed by atoms with Crippen LogP contribution in [-0.4, -0.2) is 16.7 Å². The fourth-order valence-corrected chi connectivity index (χ4v) is 2.63. The van der Waals surface area contributed by atoms with Crippen molar-refractivity contribution >= 4 is 0 Å². The molecule has 2 fully saturated rings. The van der Waals surface area contributed by atoms with E-state index in [-0.39, 0.29) is 0 Å². The molecule has 0 spiro atoms. The summed E-state index contributed by atoms with van der Waals surface area (Å²) in [6.45, 7) is 1.08. The van der Waals surface area contributed by atoms with E-state index in [4.69, 9.17) is 4.52 Å². The summed E-state index contributed by atoms with van der Waals surface area (Å²) in [4.78, 5) is 4.53. The molecule has 1 aliphatic carbocycles. The molecule has 2 heterocycles. The summed E-state index contributed by atoms with van der Waals surface area (Å²) in [5.41, 5.74) is 0. The SMILES string of the molecule is C1CCC(c2noc(C3CCCN3)n2)C1. The number of aromatic nitrogens is 2. The number of rotatable bonds is 2. The van der Waals surface area contributed by atoms with E-state index in [1.807, 2.05) is 0 Å². The largest absolute Gasteiger partial charge is 0.338 e. The van der Waals surface area contributed by atoms with E-state index in [1.165, 1.54) is 32.1 Å². The Bertz CT molecular complexity index is 294. The highest BCUT2D eigenvalue weighted by atomic mass is 16.5. The van der Waals surface area contributed by atoms with Crippen LogP contribution in [0.1, 0.15) is 62.2 Å². The predicted molar refractivity (Wildman–Crippen MR) is 55.5 cm³/mol. The third-order valence-corrected chi connectivity index (χ3v) is 3.54. The lowest BCUT2D eigenvalue weighted by Crippen LogP contribution is -2.13. The lowest BCUT2D eigenvalue weighted by molar-refractivity contribution is 0.339. The van der Waals surface area contributed by atoms with E-state index in [2.05, 4.69) is 15.5 Å². The van der Waals surface area contributed by atoms with Gasteiger partial charge in [-0.3, -0.25) is 0 Å². The van der Waals surface area contributed by atoms with Gasteiger partial charge in [0.2, 0.25) is 5.89 Å². The van der Waals surface area contributed by atoms with Crippen LogP contribution in [0.5, 0.6) is 0 Å². The topological polar surface area (TPSA) is 51.0 Å². The first-order valence-corrected chi connectivity index (χ1v) is 6.00. The third-order valence-electron chi connectivity index (χ3n) is 3.54. The fourth-order valence-electron chi connectivity index (χ4n) is 2.63. The molecule has 1 saturated carbocycles. The van der Waals surface area contributed by atoms with E-state index in [0.717, 1.165) is 24.7 Å². The molecule has 82 valence electrons. The fraction of sp³-hybridized carbons (Fsp3) is 0.818. The molecule has 2 aliphatic rings. The number of hydrogen-bond acceptors (Lipinski definition) is 4. The number of hydrogen-bond donors (Lipinski definition) is 1. The van der Waals surface area contributed by atoms with Gasteiger partial charge >= 0.3 is 0 Å². The number of nitrogens with one attached hydrogen (secondary N) is 1. The average Bonchev–Trinajstić information content (AvgIpc) is 3.02. The highest BCUT2D eigenvalue weighted by molar-refractivity contribution is 5.01. The minimum atomic E-state index is 0.313. The Balaban J connectivity index is 1.74. The summed E-state index contributed by atoms with van der Waals surface area (Å²) in [6.07, 6.45) is 7.44. The van der Waals surface area contributed by atoms with Crippen molar-refractivity contribution in [3.05, 3.63) is 11.7 Å². The Morgan fingerprint density at radius 3 is 2.73 bits per heavy atom. The van der Waals surface area contributed by atoms with Gasteiger partial charge in [-0.05, 0) is 32.2 Å². The second kappa shape index (κ2) is 3.93. The van der Waals surface area contributed by atoms with Gasteiger partial charge in [-0.15, -0.1) is 0 Å². The maximum absolute atomic E-state index is 5.34. The quantitative estimate of drug-likeness (QED) is 0.807. The zero-order valence-corrected chi connectivity index (χ0v) is 8.91. The van der Waals surface area contributed by atoms with Crippen LogP contribution in [0, 0.1) is 0 Å². The van der Waals surface area contributed by atoms with E-state index in [9.17, 15) is 0 Å². The molecule has 0 aromatic carbocycles. The highest BCUT2D eigenvalue weighted by Gasteiger charge is 2.26. The molecule has 0 amide bonds. The monoisotopic (exact) mass is 207 g/mol. The van der Waals surface area contributed by atoms with Crippen molar-refractivity contribution in [1.29, 1.82) is 0 Å². The Morgan fingerprint density at radius 1 is 1.13 bits per heavy atom. The van der Waals surface area contributed by atoms with Gasteiger partial charge < -0.3 is 9.84 Å². The van der Waals surface area contributed by atoms with Crippen molar-refractivity contribution in [2.45, 2.75) is 50.5 Å². The summed E-state index contributed by atoms with van der Waals surface area (Å²) < 4.78 is 5.34. The van der Waals surface area contributed by atoms with E-state index in [0.29, 0.717) is 12.0 Å². The Hall–Kier alpha value is -0.900. The summed E-state index contributed by atoms with van der Waals surface area (Å²) in [5.74, 6) is 2.30. The molecule has 1 saturated heterocycles. The molecule has 1 atom stereocenters. The summed E-state index contributed by atoms with van der Waals surface area (Å²) in [6, 6.07) is 0.313. The van der Waals surface area contributed by atoms with Crippen molar-refractivity contribution < 1.29 is 4.52 Å². The first-order chi connectivity index (χ1) is 7.43. The summed E-state index contributed by atoms with van der Waals surface area (Å²) >= 11 is 0. The number of nitrogens with zero attached hydrogens (tertiary/aromatic N) is 2. The van der Waals surface area contributed by atoms with Gasteiger partial charge in [0.05, 0.1) is 6.04 Å². The molecular formula is C11H17N3O. The van der Waals surface area contributed by atoms with Gasteiger partial charge in [0.15, 0.2) is 5.82 Å². The van der Waals surface area contributed by atoms with Crippen LogP contribution in [0.25, 0.3) is 0 Å². The molecular weight excluding hydrogens is 190 g/mol. The normalized spacial score (nSPS) is 27.6. The van der Waals surface area contributed by atoms with Crippen LogP contribution in [-0.2, 0) is 0 Å². The first kappa shape index (κ1) is 9.33. The van der Waals surface area contributed by atoms with Crippen LogP contribution >= 0.6 is 0 Å². The van der Waals surface area contributed by atoms with Gasteiger partial charge in [0.1, 0.15) is 0 Å². The molecule has 1 aliphatic heterocycles. The van der Waals surface area contributed by atoms with Crippen molar-refractivity contribution in [1.82, 2.24) is 15.5 Å². The molecule has 1 unspecified atom stereocenters. The smallest absolute Gasteiger partial charge is 0.243 e. The van der Waals surface area contributed by atoms with Crippen molar-refractivity contribution in [2.75, 3.05) is 6.54 Å². The van der Waals surface area contributed by atoms with Gasteiger partial charge in [0.25, 0.3) is 0 Å². The van der Waals surface area contributed by atoms with Crippen LogP contribution < -0.4 is 5.32 Å². The zero-order valence-electron chi connectivity index (χ0n) is 8.91. The van der Waals surface area contributed by atoms with Crippen LogP contribution in [0.3, 0.4) is 0 Å². The van der Waals surface area contributed by atoms with Crippen LogP contribution in [0.2, 0.25) is 0 Å². The second-order valence-electron chi connectivity index (χ2n) is 4.62. The molecule has 1 N–H and O–H groups in total. The summed E-state index contributed by atoms with van der Waals surface area (Å²) in [7, 11) is 0. The molecule has 15 heavy (non-hydrogen) atoms. The van der Waals surface area contributed by atoms with Crippen molar-refractivity contribution in [2.24, 2.45) is 0 Å².